The van der Waals surface area contributed by atoms with E-state index in [-0.39, 0.29) is 17.7 Å². The van der Waals surface area contributed by atoms with Crippen LogP contribution >= 0.6 is 0 Å². The largest absolute Gasteiger partial charge is 0.344 e. The van der Waals surface area contributed by atoms with Crippen molar-refractivity contribution >= 4 is 10.1 Å². The first-order valence-electron chi connectivity index (χ1n) is 8.61. The monoisotopic (exact) mass is 343 g/mol. The minimum Gasteiger partial charge on any atom is -0.344 e. The molecule has 0 saturated carbocycles. The molecule has 0 aliphatic rings. The van der Waals surface area contributed by atoms with E-state index in [1.165, 1.54) is 51.4 Å². The number of hydrogen-bond acceptors (Lipinski definition) is 4. The van der Waals surface area contributed by atoms with Gasteiger partial charge in [0.25, 0.3) is 10.1 Å². The summed E-state index contributed by atoms with van der Waals surface area (Å²) in [6.07, 6.45) is 12.3. The lowest BCUT2D eigenvalue weighted by molar-refractivity contribution is 0.306. The maximum atomic E-state index is 11.9. The third-order valence-corrected chi connectivity index (χ3v) is 5.09. The second-order valence-electron chi connectivity index (χ2n) is 5.77. The molecule has 0 atom stereocenters. The summed E-state index contributed by atoms with van der Waals surface area (Å²) >= 11 is 0. The molecule has 0 saturated heterocycles. The van der Waals surface area contributed by atoms with Gasteiger partial charge in [-0.1, -0.05) is 82.9 Å². The van der Waals surface area contributed by atoms with Crippen LogP contribution in [0.2, 0.25) is 0 Å². The van der Waals surface area contributed by atoms with Gasteiger partial charge < -0.3 is 6.15 Å². The van der Waals surface area contributed by atoms with Crippen LogP contribution in [0, 0.1) is 0 Å². The fourth-order valence-corrected chi connectivity index (χ4v) is 3.38. The van der Waals surface area contributed by atoms with Crippen LogP contribution in [0.5, 0.6) is 0 Å². The first-order valence-corrected chi connectivity index (χ1v) is 10.0. The molecule has 0 aliphatic heterocycles. The molecule has 0 amide bonds. The van der Waals surface area contributed by atoms with Gasteiger partial charge in [-0.15, -0.1) is 0 Å². The van der Waals surface area contributed by atoms with Crippen molar-refractivity contribution < 1.29 is 12.6 Å². The average Bonchev–Trinajstić information content (AvgIpc) is 2.53. The van der Waals surface area contributed by atoms with E-state index in [2.05, 4.69) is 6.92 Å². The van der Waals surface area contributed by atoms with E-state index in [4.69, 9.17) is 4.18 Å². The van der Waals surface area contributed by atoms with Crippen LogP contribution in [0.4, 0.5) is 0 Å². The standard InChI is InChI=1S/C18H30O3S.H3N/c1-2-3-4-5-6-7-8-9-10-14-17-21-22(19,20)18-15-12-11-13-16-18;/h11-13,15-16H,2-10,14,17H2,1H3;1H3. The molecule has 0 spiro atoms. The molecule has 0 aliphatic carbocycles. The maximum Gasteiger partial charge on any atom is 0.296 e. The third kappa shape index (κ3) is 10.5. The Hall–Kier alpha value is -0.910. The van der Waals surface area contributed by atoms with Crippen LogP contribution in [-0.2, 0) is 14.3 Å². The fourth-order valence-electron chi connectivity index (χ4n) is 2.41. The highest BCUT2D eigenvalue weighted by atomic mass is 32.2. The van der Waals surface area contributed by atoms with Gasteiger partial charge in [-0.3, -0.25) is 4.18 Å². The van der Waals surface area contributed by atoms with Gasteiger partial charge in [-0.2, -0.15) is 8.42 Å². The van der Waals surface area contributed by atoms with Crippen molar-refractivity contribution in [1.82, 2.24) is 6.15 Å². The molecule has 134 valence electrons. The van der Waals surface area contributed by atoms with Gasteiger partial charge in [0.1, 0.15) is 0 Å². The second kappa shape index (κ2) is 13.5. The predicted octanol–water partition coefficient (Wildman–Crippen LogP) is 5.47. The summed E-state index contributed by atoms with van der Waals surface area (Å²) < 4.78 is 28.8. The van der Waals surface area contributed by atoms with Crippen LogP contribution in [-0.4, -0.2) is 15.0 Å². The van der Waals surface area contributed by atoms with E-state index in [1.807, 2.05) is 0 Å². The quantitative estimate of drug-likeness (QED) is 0.380. The minimum atomic E-state index is -3.57. The summed E-state index contributed by atoms with van der Waals surface area (Å²) in [5, 5.41) is 0. The van der Waals surface area contributed by atoms with Crippen molar-refractivity contribution in [2.24, 2.45) is 0 Å². The topological polar surface area (TPSA) is 78.4 Å². The van der Waals surface area contributed by atoms with Crippen LogP contribution in [0.25, 0.3) is 0 Å². The Kier molecular flexibility index (Phi) is 13.0. The van der Waals surface area contributed by atoms with E-state index < -0.39 is 10.1 Å². The molecular formula is C18H33NO3S. The summed E-state index contributed by atoms with van der Waals surface area (Å²) in [6.45, 7) is 2.52. The molecule has 0 bridgehead atoms. The number of rotatable bonds is 13. The van der Waals surface area contributed by atoms with Crippen LogP contribution in [0.1, 0.15) is 71.1 Å². The van der Waals surface area contributed by atoms with E-state index in [9.17, 15) is 8.42 Å². The van der Waals surface area contributed by atoms with Crippen molar-refractivity contribution in [2.45, 2.75) is 76.0 Å². The molecule has 0 fully saturated rings. The zero-order valence-electron chi connectivity index (χ0n) is 14.5. The lowest BCUT2D eigenvalue weighted by atomic mass is 10.1. The van der Waals surface area contributed by atoms with Crippen LogP contribution in [0.3, 0.4) is 0 Å². The van der Waals surface area contributed by atoms with Gasteiger partial charge >= 0.3 is 0 Å². The van der Waals surface area contributed by atoms with Crippen LogP contribution < -0.4 is 6.15 Å². The summed E-state index contributed by atoms with van der Waals surface area (Å²) in [6, 6.07) is 8.33. The fraction of sp³-hybridized carbons (Fsp3) is 0.667. The Bertz CT molecular complexity index is 474. The lowest BCUT2D eigenvalue weighted by Crippen LogP contribution is -2.07. The molecule has 1 rings (SSSR count). The molecule has 23 heavy (non-hydrogen) atoms. The molecule has 1 aromatic carbocycles. The minimum absolute atomic E-state index is 0. The van der Waals surface area contributed by atoms with Crippen molar-refractivity contribution in [1.29, 1.82) is 0 Å². The molecule has 0 radical (unpaired) electrons. The molecule has 3 N–H and O–H groups in total. The van der Waals surface area contributed by atoms with Crippen molar-refractivity contribution in [3.05, 3.63) is 30.3 Å². The SMILES string of the molecule is CCCCCCCCCCCCOS(=O)(=O)c1ccccc1.N. The molecule has 0 aromatic heterocycles. The van der Waals surface area contributed by atoms with E-state index in [0.29, 0.717) is 0 Å². The van der Waals surface area contributed by atoms with Gasteiger partial charge in [-0.25, -0.2) is 0 Å². The summed E-state index contributed by atoms with van der Waals surface area (Å²) in [7, 11) is -3.57. The summed E-state index contributed by atoms with van der Waals surface area (Å²) in [4.78, 5) is 0.238. The van der Waals surface area contributed by atoms with E-state index in [0.717, 1.165) is 12.8 Å². The molecule has 1 aromatic rings. The lowest BCUT2D eigenvalue weighted by Gasteiger charge is -2.05. The van der Waals surface area contributed by atoms with Crippen molar-refractivity contribution in [3.63, 3.8) is 0 Å². The highest BCUT2D eigenvalue weighted by Crippen LogP contribution is 2.13. The average molecular weight is 344 g/mol. The number of unbranched alkanes of at least 4 members (excludes halogenated alkanes) is 9. The third-order valence-electron chi connectivity index (χ3n) is 3.77. The Morgan fingerprint density at radius 1 is 0.783 bits per heavy atom. The first kappa shape index (κ1) is 22.1. The second-order valence-corrected chi connectivity index (χ2v) is 7.39. The Balaban J connectivity index is 0.00000484. The first-order chi connectivity index (χ1) is 10.7. The zero-order chi connectivity index (χ0) is 16.1. The normalized spacial score (nSPS) is 11.2. The molecule has 4 nitrogen and oxygen atoms in total. The van der Waals surface area contributed by atoms with Gasteiger partial charge in [0.15, 0.2) is 0 Å². The van der Waals surface area contributed by atoms with Gasteiger partial charge in [0.05, 0.1) is 11.5 Å². The van der Waals surface area contributed by atoms with Crippen molar-refractivity contribution in [3.8, 4) is 0 Å². The number of benzene rings is 1. The van der Waals surface area contributed by atoms with E-state index in [1.54, 1.807) is 30.3 Å². The van der Waals surface area contributed by atoms with Crippen LogP contribution in [0.15, 0.2) is 35.2 Å². The van der Waals surface area contributed by atoms with Gasteiger partial charge in [0.2, 0.25) is 0 Å². The predicted molar refractivity (Wildman–Crippen MR) is 96.4 cm³/mol. The molecule has 5 heteroatoms. The highest BCUT2D eigenvalue weighted by Gasteiger charge is 2.13. The van der Waals surface area contributed by atoms with Gasteiger partial charge in [-0.05, 0) is 18.6 Å². The highest BCUT2D eigenvalue weighted by molar-refractivity contribution is 7.86. The zero-order valence-corrected chi connectivity index (χ0v) is 15.3. The Morgan fingerprint density at radius 2 is 1.26 bits per heavy atom. The molecular weight excluding hydrogens is 310 g/mol. The number of hydrogen-bond donors (Lipinski definition) is 1. The summed E-state index contributed by atoms with van der Waals surface area (Å²) in [5.74, 6) is 0. The van der Waals surface area contributed by atoms with E-state index >= 15 is 0 Å². The maximum absolute atomic E-state index is 11.9. The van der Waals surface area contributed by atoms with Gasteiger partial charge in [0, 0.05) is 0 Å². The van der Waals surface area contributed by atoms with Crippen molar-refractivity contribution in [2.75, 3.05) is 6.61 Å². The Morgan fingerprint density at radius 3 is 1.78 bits per heavy atom. The smallest absolute Gasteiger partial charge is 0.296 e. The molecule has 0 heterocycles. The summed E-state index contributed by atoms with van der Waals surface area (Å²) in [5.41, 5.74) is 0. The molecule has 0 unspecified atom stereocenters. The Labute approximate surface area is 142 Å².